The average molecular weight is 469 g/mol. The van der Waals surface area contributed by atoms with E-state index >= 15 is 0 Å². The van der Waals surface area contributed by atoms with Gasteiger partial charge in [0.05, 0.1) is 10.6 Å². The van der Waals surface area contributed by atoms with Crippen LogP contribution in [0, 0.1) is 17.5 Å². The second kappa shape index (κ2) is 9.39. The first-order chi connectivity index (χ1) is 15.1. The van der Waals surface area contributed by atoms with Gasteiger partial charge in [-0.05, 0) is 37.6 Å². The number of aliphatic imine (C=N–C) groups is 1. The number of esters is 1. The Morgan fingerprint density at radius 2 is 1.84 bits per heavy atom. The molecule has 1 amide bonds. The highest BCUT2D eigenvalue weighted by atomic mass is 32.2. The molecule has 1 aliphatic rings. The fraction of sp³-hybridized carbons (Fsp3) is 0.250. The van der Waals surface area contributed by atoms with Crippen LogP contribution in [0.5, 0.6) is 0 Å². The van der Waals surface area contributed by atoms with E-state index in [1.165, 1.54) is 13.0 Å². The number of carbonyl (C=O) groups is 2. The molecule has 0 bridgehead atoms. The molecule has 0 aromatic heterocycles. The fourth-order valence-corrected chi connectivity index (χ4v) is 4.08. The Labute approximate surface area is 181 Å². The van der Waals surface area contributed by atoms with Crippen molar-refractivity contribution in [1.29, 1.82) is 0 Å². The van der Waals surface area contributed by atoms with E-state index in [1.807, 2.05) is 5.32 Å². The summed E-state index contributed by atoms with van der Waals surface area (Å²) in [7, 11) is -3.66. The van der Waals surface area contributed by atoms with Crippen LogP contribution in [0.25, 0.3) is 0 Å². The Kier molecular flexibility index (Phi) is 6.82. The molecule has 3 rings (SSSR count). The first-order valence-corrected chi connectivity index (χ1v) is 10.9. The molecule has 0 radical (unpaired) electrons. The van der Waals surface area contributed by atoms with E-state index in [2.05, 4.69) is 9.71 Å². The van der Waals surface area contributed by atoms with Gasteiger partial charge < -0.3 is 10.1 Å². The summed E-state index contributed by atoms with van der Waals surface area (Å²) >= 11 is 0. The zero-order valence-corrected chi connectivity index (χ0v) is 17.5. The zero-order chi connectivity index (χ0) is 23.5. The Morgan fingerprint density at radius 3 is 2.59 bits per heavy atom. The van der Waals surface area contributed by atoms with Crippen LogP contribution in [0.15, 0.2) is 46.3 Å². The van der Waals surface area contributed by atoms with Gasteiger partial charge in [0.25, 0.3) is 15.9 Å². The Bertz CT molecular complexity index is 1200. The van der Waals surface area contributed by atoms with E-state index in [9.17, 15) is 31.2 Å². The molecule has 0 saturated heterocycles. The minimum atomic E-state index is -3.66. The quantitative estimate of drug-likeness (QED) is 0.368. The Balaban J connectivity index is 1.49. The lowest BCUT2D eigenvalue weighted by Crippen LogP contribution is -2.30. The van der Waals surface area contributed by atoms with Crippen LogP contribution >= 0.6 is 0 Å². The van der Waals surface area contributed by atoms with Crippen molar-refractivity contribution in [3.63, 3.8) is 0 Å². The first-order valence-electron chi connectivity index (χ1n) is 9.40. The van der Waals surface area contributed by atoms with Crippen molar-refractivity contribution in [3.05, 3.63) is 59.4 Å². The summed E-state index contributed by atoms with van der Waals surface area (Å²) in [5, 5.41) is 2.02. The first kappa shape index (κ1) is 23.3. The number of amides is 1. The highest BCUT2D eigenvalue weighted by Gasteiger charge is 2.30. The summed E-state index contributed by atoms with van der Waals surface area (Å²) in [4.78, 5) is 28.2. The average Bonchev–Trinajstić information content (AvgIpc) is 3.02. The molecule has 170 valence electrons. The smallest absolute Gasteiger partial charge is 0.306 e. The monoisotopic (exact) mass is 469 g/mol. The topological polar surface area (TPSA) is 114 Å². The summed E-state index contributed by atoms with van der Waals surface area (Å²) in [6, 6.07) is 7.82. The third kappa shape index (κ3) is 5.07. The van der Waals surface area contributed by atoms with Crippen LogP contribution in [0.4, 0.5) is 18.9 Å². The van der Waals surface area contributed by atoms with E-state index in [1.54, 1.807) is 18.2 Å². The van der Waals surface area contributed by atoms with Crippen LogP contribution in [-0.4, -0.2) is 38.8 Å². The second-order valence-corrected chi connectivity index (χ2v) is 8.43. The van der Waals surface area contributed by atoms with Crippen molar-refractivity contribution >= 4 is 33.4 Å². The zero-order valence-electron chi connectivity index (χ0n) is 16.7. The molecule has 1 aliphatic heterocycles. The van der Waals surface area contributed by atoms with Crippen LogP contribution in [-0.2, 0) is 24.3 Å². The van der Waals surface area contributed by atoms with Gasteiger partial charge in [-0.25, -0.2) is 21.6 Å². The summed E-state index contributed by atoms with van der Waals surface area (Å²) in [6.07, 6.45) is -1.24. The maximum Gasteiger partial charge on any atom is 0.306 e. The van der Waals surface area contributed by atoms with E-state index in [-0.39, 0.29) is 30.1 Å². The minimum Gasteiger partial charge on any atom is -0.453 e. The van der Waals surface area contributed by atoms with Crippen molar-refractivity contribution in [2.24, 2.45) is 4.99 Å². The number of nitrogens with one attached hydrogen (secondary N) is 2. The molecule has 1 heterocycles. The number of halogens is 3. The summed E-state index contributed by atoms with van der Waals surface area (Å²) < 4.78 is 71.1. The molecule has 2 aromatic rings. The number of rotatable bonds is 7. The van der Waals surface area contributed by atoms with E-state index < -0.39 is 51.1 Å². The standard InChI is InChI=1S/C20H18F3N3O5S/c1-11(20(28)25-14-9-8-13(21)17(22)18(14)23)31-16(27)7-4-10-24-19-12-5-2-3-6-15(12)32(29,30)26-19/h2-3,5-6,8-9,11H,4,7,10H2,1H3,(H,24,26)(H,25,28)/t11-/m1/s1. The van der Waals surface area contributed by atoms with Gasteiger partial charge in [0.2, 0.25) is 0 Å². The second-order valence-electron chi connectivity index (χ2n) is 6.78. The summed E-state index contributed by atoms with van der Waals surface area (Å²) in [6.45, 7) is 1.34. The maximum atomic E-state index is 13.6. The largest absolute Gasteiger partial charge is 0.453 e. The summed E-state index contributed by atoms with van der Waals surface area (Å²) in [5.74, 6) is -6.21. The minimum absolute atomic E-state index is 0.113. The number of carbonyl (C=O) groups excluding carboxylic acids is 2. The van der Waals surface area contributed by atoms with E-state index in [0.717, 1.165) is 6.07 Å². The molecule has 32 heavy (non-hydrogen) atoms. The molecule has 8 nitrogen and oxygen atoms in total. The lowest BCUT2D eigenvalue weighted by atomic mass is 10.2. The molecule has 0 spiro atoms. The van der Waals surface area contributed by atoms with Gasteiger partial charge in [0, 0.05) is 18.5 Å². The predicted octanol–water partition coefficient (Wildman–Crippen LogP) is 2.49. The van der Waals surface area contributed by atoms with Crippen LogP contribution in [0.2, 0.25) is 0 Å². The molecule has 0 saturated carbocycles. The number of amidine groups is 1. The highest BCUT2D eigenvalue weighted by Crippen LogP contribution is 2.22. The Hall–Kier alpha value is -3.41. The number of fused-ring (bicyclic) bond motifs is 1. The third-order valence-electron chi connectivity index (χ3n) is 4.44. The van der Waals surface area contributed by atoms with Gasteiger partial charge in [-0.1, -0.05) is 12.1 Å². The van der Waals surface area contributed by atoms with E-state index in [4.69, 9.17) is 4.74 Å². The van der Waals surface area contributed by atoms with Gasteiger partial charge in [-0.2, -0.15) is 0 Å². The molecular weight excluding hydrogens is 451 g/mol. The van der Waals surface area contributed by atoms with Gasteiger partial charge in [-0.15, -0.1) is 0 Å². The van der Waals surface area contributed by atoms with E-state index in [0.29, 0.717) is 11.6 Å². The predicted molar refractivity (Wildman–Crippen MR) is 108 cm³/mol. The van der Waals surface area contributed by atoms with Crippen molar-refractivity contribution in [3.8, 4) is 0 Å². The van der Waals surface area contributed by atoms with Gasteiger partial charge in [0.1, 0.15) is 5.84 Å². The maximum absolute atomic E-state index is 13.6. The summed E-state index contributed by atoms with van der Waals surface area (Å²) in [5.41, 5.74) is -0.156. The molecule has 0 aliphatic carbocycles. The van der Waals surface area contributed by atoms with Crippen LogP contribution in [0.3, 0.4) is 0 Å². The van der Waals surface area contributed by atoms with Gasteiger partial charge >= 0.3 is 5.97 Å². The molecule has 2 N–H and O–H groups in total. The fourth-order valence-electron chi connectivity index (χ4n) is 2.83. The van der Waals surface area contributed by atoms with Crippen LogP contribution in [0.1, 0.15) is 25.3 Å². The number of nitrogens with zero attached hydrogens (tertiary/aromatic N) is 1. The third-order valence-corrected chi connectivity index (χ3v) is 5.84. The van der Waals surface area contributed by atoms with Crippen molar-refractivity contribution in [1.82, 2.24) is 4.72 Å². The molecule has 1 atom stereocenters. The number of hydrogen-bond acceptors (Lipinski definition) is 6. The molecule has 0 unspecified atom stereocenters. The molecule has 2 aromatic carbocycles. The SMILES string of the molecule is C[C@@H](OC(=O)CCCN=C1NS(=O)(=O)c2ccccc21)C(=O)Nc1ccc(F)c(F)c1F. The lowest BCUT2D eigenvalue weighted by molar-refractivity contribution is -0.153. The number of benzene rings is 2. The number of ether oxygens (including phenoxy) is 1. The van der Waals surface area contributed by atoms with Crippen molar-refractivity contribution in [2.75, 3.05) is 11.9 Å². The van der Waals surface area contributed by atoms with Crippen LogP contribution < -0.4 is 10.0 Å². The highest BCUT2D eigenvalue weighted by molar-refractivity contribution is 7.90. The number of sulfonamides is 1. The molecule has 0 fully saturated rings. The lowest BCUT2D eigenvalue weighted by Gasteiger charge is -2.14. The molecule has 12 heteroatoms. The van der Waals surface area contributed by atoms with Gasteiger partial charge in [0.15, 0.2) is 23.6 Å². The number of hydrogen-bond donors (Lipinski definition) is 2. The Morgan fingerprint density at radius 1 is 1.12 bits per heavy atom. The normalized spacial score (nSPS) is 16.2. The number of anilines is 1. The van der Waals surface area contributed by atoms with Crippen molar-refractivity contribution < 1.29 is 35.9 Å². The van der Waals surface area contributed by atoms with Gasteiger partial charge in [-0.3, -0.25) is 19.3 Å². The molecular formula is C20H18F3N3O5S. The van der Waals surface area contributed by atoms with Crippen molar-refractivity contribution in [2.45, 2.75) is 30.8 Å².